The molecule has 0 aromatic rings. The Balaban J connectivity index is 0.000000461. The summed E-state index contributed by atoms with van der Waals surface area (Å²) in [7, 11) is 2.07. The first-order valence-electron chi connectivity index (χ1n) is 4.60. The van der Waals surface area contributed by atoms with Crippen molar-refractivity contribution in [2.45, 2.75) is 45.8 Å². The minimum Gasteiger partial charge on any atom is -0.392 e. The predicted octanol–water partition coefficient (Wildman–Crippen LogP) is 1.49. The van der Waals surface area contributed by atoms with Crippen LogP contribution >= 0.6 is 0 Å². The molecule has 1 saturated heterocycles. The lowest BCUT2D eigenvalue weighted by Gasteiger charge is -2.21. The summed E-state index contributed by atoms with van der Waals surface area (Å²) in [6, 6.07) is 0.421. The van der Waals surface area contributed by atoms with Crippen molar-refractivity contribution in [3.05, 3.63) is 0 Å². The number of nitrogens with zero attached hydrogens (tertiary/aromatic N) is 1. The highest BCUT2D eigenvalue weighted by Gasteiger charge is 2.24. The lowest BCUT2D eigenvalue weighted by atomic mass is 10.1. The zero-order valence-corrected chi connectivity index (χ0v) is 8.17. The van der Waals surface area contributed by atoms with Gasteiger partial charge in [0.15, 0.2) is 0 Å². The smallest absolute Gasteiger partial charge is 0.0667 e. The van der Waals surface area contributed by atoms with Crippen LogP contribution in [0.1, 0.15) is 33.6 Å². The van der Waals surface area contributed by atoms with E-state index in [1.54, 1.807) is 0 Å². The summed E-state index contributed by atoms with van der Waals surface area (Å²) < 4.78 is 0. The van der Waals surface area contributed by atoms with Crippen LogP contribution in [0.25, 0.3) is 0 Å². The Hall–Kier alpha value is -0.0800. The normalized spacial score (nSPS) is 27.5. The third kappa shape index (κ3) is 3.21. The second-order valence-electron chi connectivity index (χ2n) is 2.93. The number of rotatable bonds is 1. The Kier molecular flexibility index (Phi) is 5.51. The van der Waals surface area contributed by atoms with Gasteiger partial charge in [-0.1, -0.05) is 13.8 Å². The summed E-state index contributed by atoms with van der Waals surface area (Å²) in [6.45, 7) is 7.02. The largest absolute Gasteiger partial charge is 0.392 e. The summed E-state index contributed by atoms with van der Waals surface area (Å²) in [5.74, 6) is 0. The van der Waals surface area contributed by atoms with Crippen molar-refractivity contribution in [2.24, 2.45) is 0 Å². The van der Waals surface area contributed by atoms with Gasteiger partial charge in [0.1, 0.15) is 0 Å². The van der Waals surface area contributed by atoms with Crippen LogP contribution in [0.3, 0.4) is 0 Å². The number of aliphatic hydroxyl groups excluding tert-OH is 1. The van der Waals surface area contributed by atoms with Gasteiger partial charge in [-0.15, -0.1) is 0 Å². The second kappa shape index (κ2) is 5.56. The Morgan fingerprint density at radius 1 is 1.45 bits per heavy atom. The van der Waals surface area contributed by atoms with Crippen molar-refractivity contribution in [3.63, 3.8) is 0 Å². The molecule has 0 radical (unpaired) electrons. The fourth-order valence-electron chi connectivity index (χ4n) is 1.55. The third-order valence-electron chi connectivity index (χ3n) is 2.13. The summed E-state index contributed by atoms with van der Waals surface area (Å²) in [5.41, 5.74) is 0. The van der Waals surface area contributed by atoms with Crippen molar-refractivity contribution < 1.29 is 5.11 Å². The Morgan fingerprint density at radius 3 is 2.18 bits per heavy atom. The molecule has 2 heteroatoms. The standard InChI is InChI=1S/C7H15NO.C2H6/c1-6(9)7-4-3-5-8(7)2;1-2/h6-7,9H,3-5H2,1-2H3;1-2H3/t6?,7-;/m0./s1. The SMILES string of the molecule is CC.CC(O)[C@@H]1CCCN1C. The lowest BCUT2D eigenvalue weighted by Crippen LogP contribution is -2.34. The van der Waals surface area contributed by atoms with Crippen molar-refractivity contribution in [2.75, 3.05) is 13.6 Å². The monoisotopic (exact) mass is 159 g/mol. The van der Waals surface area contributed by atoms with Crippen LogP contribution in [0.15, 0.2) is 0 Å². The van der Waals surface area contributed by atoms with Gasteiger partial charge >= 0.3 is 0 Å². The highest BCUT2D eigenvalue weighted by atomic mass is 16.3. The first-order chi connectivity index (χ1) is 5.22. The van der Waals surface area contributed by atoms with Gasteiger partial charge in [-0.25, -0.2) is 0 Å². The van der Waals surface area contributed by atoms with Gasteiger partial charge < -0.3 is 10.0 Å². The van der Waals surface area contributed by atoms with Crippen molar-refractivity contribution in [1.82, 2.24) is 4.90 Å². The lowest BCUT2D eigenvalue weighted by molar-refractivity contribution is 0.101. The van der Waals surface area contributed by atoms with Gasteiger partial charge in [-0.05, 0) is 33.4 Å². The molecule has 1 heterocycles. The van der Waals surface area contributed by atoms with E-state index in [0.29, 0.717) is 6.04 Å². The maximum atomic E-state index is 9.18. The van der Waals surface area contributed by atoms with Crippen molar-refractivity contribution in [1.29, 1.82) is 0 Å². The van der Waals surface area contributed by atoms with E-state index in [0.717, 1.165) is 13.0 Å². The van der Waals surface area contributed by atoms with Crippen LogP contribution in [0, 0.1) is 0 Å². The Bertz CT molecular complexity index is 93.6. The minimum absolute atomic E-state index is 0.155. The molecule has 0 aromatic heterocycles. The molecule has 68 valence electrons. The quantitative estimate of drug-likeness (QED) is 0.626. The highest BCUT2D eigenvalue weighted by molar-refractivity contribution is 4.79. The topological polar surface area (TPSA) is 23.5 Å². The molecule has 2 nitrogen and oxygen atoms in total. The molecule has 1 rings (SSSR count). The second-order valence-corrected chi connectivity index (χ2v) is 2.93. The van der Waals surface area contributed by atoms with Gasteiger partial charge in [0, 0.05) is 6.04 Å². The van der Waals surface area contributed by atoms with Crippen LogP contribution in [-0.4, -0.2) is 35.7 Å². The number of hydrogen-bond donors (Lipinski definition) is 1. The maximum Gasteiger partial charge on any atom is 0.0667 e. The highest BCUT2D eigenvalue weighted by Crippen LogP contribution is 2.17. The van der Waals surface area contributed by atoms with Gasteiger partial charge in [0.05, 0.1) is 6.10 Å². The average molecular weight is 159 g/mol. The zero-order chi connectivity index (χ0) is 8.85. The molecule has 0 spiro atoms. The first-order valence-corrected chi connectivity index (χ1v) is 4.60. The molecular weight excluding hydrogens is 138 g/mol. The summed E-state index contributed by atoms with van der Waals surface area (Å²) >= 11 is 0. The van der Waals surface area contributed by atoms with E-state index < -0.39 is 0 Å². The molecule has 2 atom stereocenters. The Labute approximate surface area is 70.2 Å². The third-order valence-corrected chi connectivity index (χ3v) is 2.13. The van der Waals surface area contributed by atoms with Gasteiger partial charge in [0.25, 0.3) is 0 Å². The number of likely N-dealkylation sites (N-methyl/N-ethyl adjacent to an activating group) is 1. The zero-order valence-electron chi connectivity index (χ0n) is 8.17. The van der Waals surface area contributed by atoms with E-state index in [1.165, 1.54) is 6.42 Å². The molecule has 0 aromatic carbocycles. The number of aliphatic hydroxyl groups is 1. The number of hydrogen-bond acceptors (Lipinski definition) is 2. The van der Waals surface area contributed by atoms with E-state index >= 15 is 0 Å². The maximum absolute atomic E-state index is 9.18. The van der Waals surface area contributed by atoms with Crippen LogP contribution < -0.4 is 0 Å². The first kappa shape index (κ1) is 10.9. The van der Waals surface area contributed by atoms with E-state index in [4.69, 9.17) is 0 Å². The molecule has 1 aliphatic rings. The summed E-state index contributed by atoms with van der Waals surface area (Å²) in [5, 5.41) is 9.18. The van der Waals surface area contributed by atoms with Gasteiger partial charge in [-0.2, -0.15) is 0 Å². The average Bonchev–Trinajstić information content (AvgIpc) is 2.39. The molecule has 1 fully saturated rings. The number of likely N-dealkylation sites (tertiary alicyclic amines) is 1. The molecule has 0 amide bonds. The molecular formula is C9H21NO. The van der Waals surface area contributed by atoms with Crippen LogP contribution in [0.4, 0.5) is 0 Å². The molecule has 0 saturated carbocycles. The Morgan fingerprint density at radius 2 is 2.00 bits per heavy atom. The molecule has 0 bridgehead atoms. The van der Waals surface area contributed by atoms with E-state index in [-0.39, 0.29) is 6.10 Å². The molecule has 1 N–H and O–H groups in total. The molecule has 0 aliphatic carbocycles. The van der Waals surface area contributed by atoms with Crippen LogP contribution in [-0.2, 0) is 0 Å². The van der Waals surface area contributed by atoms with Crippen LogP contribution in [0.5, 0.6) is 0 Å². The van der Waals surface area contributed by atoms with E-state index in [1.807, 2.05) is 20.8 Å². The van der Waals surface area contributed by atoms with E-state index in [9.17, 15) is 5.11 Å². The fourth-order valence-corrected chi connectivity index (χ4v) is 1.55. The van der Waals surface area contributed by atoms with Crippen LogP contribution in [0.2, 0.25) is 0 Å². The van der Waals surface area contributed by atoms with Gasteiger partial charge in [0.2, 0.25) is 0 Å². The predicted molar refractivity (Wildman–Crippen MR) is 48.7 cm³/mol. The summed E-state index contributed by atoms with van der Waals surface area (Å²) in [4.78, 5) is 2.23. The summed E-state index contributed by atoms with van der Waals surface area (Å²) in [6.07, 6.45) is 2.25. The van der Waals surface area contributed by atoms with Crippen molar-refractivity contribution in [3.8, 4) is 0 Å². The fraction of sp³-hybridized carbons (Fsp3) is 1.00. The van der Waals surface area contributed by atoms with E-state index in [2.05, 4.69) is 11.9 Å². The van der Waals surface area contributed by atoms with Crippen molar-refractivity contribution >= 4 is 0 Å². The molecule has 1 unspecified atom stereocenters. The minimum atomic E-state index is -0.155. The van der Waals surface area contributed by atoms with Gasteiger partial charge in [-0.3, -0.25) is 0 Å². The molecule has 1 aliphatic heterocycles. The molecule has 11 heavy (non-hydrogen) atoms.